The van der Waals surface area contributed by atoms with Crippen LogP contribution in [0.2, 0.25) is 0 Å². The molecule has 0 heteroatoms. The SMILES string of the molecule is C=CCCC1CC(C)C2C=CC=CC12. The van der Waals surface area contributed by atoms with Crippen molar-refractivity contribution in [2.45, 2.75) is 26.2 Å². The monoisotopic (exact) mass is 188 g/mol. The van der Waals surface area contributed by atoms with Crippen LogP contribution in [0.15, 0.2) is 37.0 Å². The second-order valence-corrected chi connectivity index (χ2v) is 4.76. The summed E-state index contributed by atoms with van der Waals surface area (Å²) in [7, 11) is 0. The summed E-state index contributed by atoms with van der Waals surface area (Å²) in [6, 6.07) is 0. The minimum Gasteiger partial charge on any atom is -0.103 e. The smallest absolute Gasteiger partial charge is 0.0136 e. The quantitative estimate of drug-likeness (QED) is 0.588. The van der Waals surface area contributed by atoms with Crippen LogP contribution in [0.4, 0.5) is 0 Å². The molecule has 1 saturated carbocycles. The van der Waals surface area contributed by atoms with Gasteiger partial charge in [0.15, 0.2) is 0 Å². The van der Waals surface area contributed by atoms with E-state index in [4.69, 9.17) is 0 Å². The Morgan fingerprint density at radius 2 is 2.00 bits per heavy atom. The van der Waals surface area contributed by atoms with Crippen LogP contribution in [0.3, 0.4) is 0 Å². The first-order chi connectivity index (χ1) is 6.83. The predicted molar refractivity (Wildman–Crippen MR) is 62.0 cm³/mol. The van der Waals surface area contributed by atoms with Crippen molar-refractivity contribution in [3.05, 3.63) is 37.0 Å². The first kappa shape index (κ1) is 9.76. The average Bonchev–Trinajstić information content (AvgIpc) is 2.54. The fraction of sp³-hybridized carbons (Fsp3) is 0.571. The van der Waals surface area contributed by atoms with E-state index in [1.807, 2.05) is 0 Å². The second kappa shape index (κ2) is 4.16. The van der Waals surface area contributed by atoms with Crippen molar-refractivity contribution in [3.63, 3.8) is 0 Å². The van der Waals surface area contributed by atoms with Gasteiger partial charge in [0.1, 0.15) is 0 Å². The third-order valence-corrected chi connectivity index (χ3v) is 3.84. The van der Waals surface area contributed by atoms with Crippen LogP contribution in [0.25, 0.3) is 0 Å². The van der Waals surface area contributed by atoms with E-state index >= 15 is 0 Å². The molecule has 0 N–H and O–H groups in total. The van der Waals surface area contributed by atoms with Gasteiger partial charge in [0.05, 0.1) is 0 Å². The Kier molecular flexibility index (Phi) is 2.90. The maximum Gasteiger partial charge on any atom is -0.0136 e. The third kappa shape index (κ3) is 1.70. The molecule has 0 aromatic rings. The van der Waals surface area contributed by atoms with E-state index in [9.17, 15) is 0 Å². The maximum absolute atomic E-state index is 3.81. The van der Waals surface area contributed by atoms with Gasteiger partial charge < -0.3 is 0 Å². The molecule has 0 aliphatic heterocycles. The zero-order valence-corrected chi connectivity index (χ0v) is 9.02. The maximum atomic E-state index is 3.81. The van der Waals surface area contributed by atoms with Gasteiger partial charge in [0.25, 0.3) is 0 Å². The van der Waals surface area contributed by atoms with Gasteiger partial charge in [-0.1, -0.05) is 37.3 Å². The lowest BCUT2D eigenvalue weighted by molar-refractivity contribution is 0.392. The van der Waals surface area contributed by atoms with E-state index in [0.29, 0.717) is 0 Å². The van der Waals surface area contributed by atoms with Crippen molar-refractivity contribution < 1.29 is 0 Å². The summed E-state index contributed by atoms with van der Waals surface area (Å²) in [5.41, 5.74) is 0. The lowest BCUT2D eigenvalue weighted by atomic mass is 9.83. The molecule has 76 valence electrons. The summed E-state index contributed by atoms with van der Waals surface area (Å²) >= 11 is 0. The molecule has 14 heavy (non-hydrogen) atoms. The molecule has 0 aromatic heterocycles. The van der Waals surface area contributed by atoms with Crippen molar-refractivity contribution in [1.82, 2.24) is 0 Å². The minimum absolute atomic E-state index is 0.815. The highest BCUT2D eigenvalue weighted by molar-refractivity contribution is 5.18. The largest absolute Gasteiger partial charge is 0.103 e. The number of rotatable bonds is 3. The first-order valence-corrected chi connectivity index (χ1v) is 5.79. The van der Waals surface area contributed by atoms with Crippen LogP contribution in [0.5, 0.6) is 0 Å². The number of hydrogen-bond donors (Lipinski definition) is 0. The summed E-state index contributed by atoms with van der Waals surface area (Å²) in [6.07, 6.45) is 15.2. The normalized spacial score (nSPS) is 39.8. The fourth-order valence-corrected chi connectivity index (χ4v) is 3.12. The molecule has 0 bridgehead atoms. The molecule has 4 atom stereocenters. The highest BCUT2D eigenvalue weighted by Gasteiger charge is 2.37. The summed E-state index contributed by atoms with van der Waals surface area (Å²) in [6.45, 7) is 6.21. The zero-order chi connectivity index (χ0) is 9.97. The topological polar surface area (TPSA) is 0 Å². The standard InChI is InChI=1S/C14H20/c1-3-4-7-12-10-11(2)13-8-5-6-9-14(12)13/h3,5-6,8-9,11-14H,1,4,7,10H2,2H3. The molecule has 2 aliphatic carbocycles. The van der Waals surface area contributed by atoms with Gasteiger partial charge in [-0.05, 0) is 42.9 Å². The summed E-state index contributed by atoms with van der Waals surface area (Å²) in [4.78, 5) is 0. The van der Waals surface area contributed by atoms with Crippen molar-refractivity contribution in [2.75, 3.05) is 0 Å². The van der Waals surface area contributed by atoms with Gasteiger partial charge in [0.2, 0.25) is 0 Å². The van der Waals surface area contributed by atoms with Crippen LogP contribution in [-0.4, -0.2) is 0 Å². The Labute approximate surface area is 87.4 Å². The highest BCUT2D eigenvalue weighted by Crippen LogP contribution is 2.46. The lowest BCUT2D eigenvalue weighted by Crippen LogP contribution is -2.14. The van der Waals surface area contributed by atoms with E-state index < -0.39 is 0 Å². The molecule has 2 aliphatic rings. The van der Waals surface area contributed by atoms with E-state index in [1.165, 1.54) is 19.3 Å². The van der Waals surface area contributed by atoms with Gasteiger partial charge in [-0.15, -0.1) is 6.58 Å². The Morgan fingerprint density at radius 3 is 2.71 bits per heavy atom. The van der Waals surface area contributed by atoms with Crippen molar-refractivity contribution in [2.24, 2.45) is 23.7 Å². The van der Waals surface area contributed by atoms with Gasteiger partial charge in [0, 0.05) is 0 Å². The molecular formula is C14H20. The fourth-order valence-electron chi connectivity index (χ4n) is 3.12. The van der Waals surface area contributed by atoms with E-state index in [2.05, 4.69) is 43.9 Å². The first-order valence-electron chi connectivity index (χ1n) is 5.79. The molecule has 0 aromatic carbocycles. The van der Waals surface area contributed by atoms with Gasteiger partial charge in [-0.25, -0.2) is 0 Å². The Hall–Kier alpha value is -0.780. The highest BCUT2D eigenvalue weighted by atomic mass is 14.4. The van der Waals surface area contributed by atoms with Crippen molar-refractivity contribution in [1.29, 1.82) is 0 Å². The molecular weight excluding hydrogens is 168 g/mol. The number of allylic oxidation sites excluding steroid dienone is 5. The van der Waals surface area contributed by atoms with Crippen LogP contribution in [0, 0.1) is 23.7 Å². The molecule has 0 heterocycles. The lowest BCUT2D eigenvalue weighted by Gasteiger charge is -2.22. The molecule has 0 nitrogen and oxygen atoms in total. The van der Waals surface area contributed by atoms with Crippen LogP contribution in [-0.2, 0) is 0 Å². The number of fused-ring (bicyclic) bond motifs is 1. The summed E-state index contributed by atoms with van der Waals surface area (Å²) in [5, 5.41) is 0. The second-order valence-electron chi connectivity index (χ2n) is 4.76. The molecule has 2 rings (SSSR count). The molecule has 4 unspecified atom stereocenters. The van der Waals surface area contributed by atoms with E-state index in [1.54, 1.807) is 0 Å². The predicted octanol–water partition coefficient (Wildman–Crippen LogP) is 3.97. The Morgan fingerprint density at radius 1 is 1.29 bits per heavy atom. The molecule has 0 spiro atoms. The van der Waals surface area contributed by atoms with Gasteiger partial charge in [-0.3, -0.25) is 0 Å². The molecule has 0 saturated heterocycles. The van der Waals surface area contributed by atoms with Crippen molar-refractivity contribution in [3.8, 4) is 0 Å². The van der Waals surface area contributed by atoms with Gasteiger partial charge >= 0.3 is 0 Å². The molecule has 0 amide bonds. The Bertz CT molecular complexity index is 259. The van der Waals surface area contributed by atoms with E-state index in [0.717, 1.165) is 23.7 Å². The van der Waals surface area contributed by atoms with Crippen LogP contribution < -0.4 is 0 Å². The zero-order valence-electron chi connectivity index (χ0n) is 9.02. The average molecular weight is 188 g/mol. The summed E-state index contributed by atoms with van der Waals surface area (Å²) in [5.74, 6) is 3.40. The third-order valence-electron chi connectivity index (χ3n) is 3.84. The van der Waals surface area contributed by atoms with Crippen LogP contribution in [0.1, 0.15) is 26.2 Å². The number of hydrogen-bond acceptors (Lipinski definition) is 0. The van der Waals surface area contributed by atoms with Crippen molar-refractivity contribution >= 4 is 0 Å². The molecule has 0 radical (unpaired) electrons. The van der Waals surface area contributed by atoms with Crippen LogP contribution >= 0.6 is 0 Å². The summed E-state index contributed by atoms with van der Waals surface area (Å²) < 4.78 is 0. The van der Waals surface area contributed by atoms with Gasteiger partial charge in [-0.2, -0.15) is 0 Å². The van der Waals surface area contributed by atoms with E-state index in [-0.39, 0.29) is 0 Å². The minimum atomic E-state index is 0.815. The molecule has 1 fully saturated rings. The Balaban J connectivity index is 2.04.